The van der Waals surface area contributed by atoms with E-state index in [4.69, 9.17) is 4.74 Å². The minimum absolute atomic E-state index is 0.120. The van der Waals surface area contributed by atoms with Gasteiger partial charge in [-0.3, -0.25) is 9.89 Å². The molecule has 9 nitrogen and oxygen atoms in total. The number of aromatic nitrogens is 3. The second-order valence-corrected chi connectivity index (χ2v) is 5.40. The number of nitrogens with one attached hydrogen (secondary N) is 3. The Morgan fingerprint density at radius 2 is 2.29 bits per heavy atom. The summed E-state index contributed by atoms with van der Waals surface area (Å²) in [4.78, 5) is 30.2. The third-order valence-corrected chi connectivity index (χ3v) is 3.82. The molecule has 126 valence electrons. The monoisotopic (exact) mass is 330 g/mol. The molecule has 1 saturated heterocycles. The van der Waals surface area contributed by atoms with Crippen LogP contribution in [0.2, 0.25) is 0 Å². The van der Waals surface area contributed by atoms with E-state index in [-0.39, 0.29) is 17.9 Å². The number of amides is 3. The summed E-state index contributed by atoms with van der Waals surface area (Å²) >= 11 is 0. The third kappa shape index (κ3) is 3.45. The van der Waals surface area contributed by atoms with Crippen molar-refractivity contribution < 1.29 is 14.3 Å². The van der Waals surface area contributed by atoms with Gasteiger partial charge >= 0.3 is 6.03 Å². The zero-order valence-corrected chi connectivity index (χ0v) is 13.2. The van der Waals surface area contributed by atoms with Crippen molar-refractivity contribution in [3.63, 3.8) is 0 Å². The van der Waals surface area contributed by atoms with Gasteiger partial charge in [0.25, 0.3) is 0 Å². The normalized spacial score (nSPS) is 16.7. The summed E-state index contributed by atoms with van der Waals surface area (Å²) in [5, 5.41) is 11.9. The van der Waals surface area contributed by atoms with Gasteiger partial charge in [-0.25, -0.2) is 9.78 Å². The molecule has 0 saturated carbocycles. The summed E-state index contributed by atoms with van der Waals surface area (Å²) in [7, 11) is 1.49. The minimum atomic E-state index is -0.278. The highest BCUT2D eigenvalue weighted by Gasteiger charge is 2.31. The summed E-state index contributed by atoms with van der Waals surface area (Å²) in [5.74, 6) is -0.0219. The van der Waals surface area contributed by atoms with Crippen molar-refractivity contribution in [2.75, 3.05) is 30.8 Å². The molecule has 2 aromatic rings. The van der Waals surface area contributed by atoms with Crippen LogP contribution < -0.4 is 15.4 Å². The van der Waals surface area contributed by atoms with E-state index in [2.05, 4.69) is 25.8 Å². The van der Waals surface area contributed by atoms with E-state index in [1.54, 1.807) is 29.4 Å². The number of hydrogen-bond donors (Lipinski definition) is 3. The van der Waals surface area contributed by atoms with Crippen LogP contribution in [0.25, 0.3) is 0 Å². The Hall–Kier alpha value is -3.10. The van der Waals surface area contributed by atoms with Gasteiger partial charge < -0.3 is 20.3 Å². The first kappa shape index (κ1) is 15.8. The highest BCUT2D eigenvalue weighted by Crippen LogP contribution is 2.23. The molecule has 1 aliphatic rings. The Morgan fingerprint density at radius 3 is 3.04 bits per heavy atom. The molecule has 24 heavy (non-hydrogen) atoms. The number of hydrogen-bond acceptors (Lipinski definition) is 5. The topological polar surface area (TPSA) is 112 Å². The third-order valence-electron chi connectivity index (χ3n) is 3.82. The molecule has 3 rings (SSSR count). The number of rotatable bonds is 4. The molecule has 1 unspecified atom stereocenters. The maximum Gasteiger partial charge on any atom is 0.322 e. The van der Waals surface area contributed by atoms with Gasteiger partial charge in [0, 0.05) is 25.5 Å². The van der Waals surface area contributed by atoms with Crippen molar-refractivity contribution >= 4 is 23.3 Å². The number of methoxy groups -OCH3 is 1. The van der Waals surface area contributed by atoms with Crippen LogP contribution in [0.5, 0.6) is 5.88 Å². The Morgan fingerprint density at radius 1 is 1.42 bits per heavy atom. The molecule has 0 radical (unpaired) electrons. The van der Waals surface area contributed by atoms with E-state index in [9.17, 15) is 9.59 Å². The lowest BCUT2D eigenvalue weighted by Crippen LogP contribution is -2.34. The van der Waals surface area contributed by atoms with Crippen molar-refractivity contribution in [3.05, 3.63) is 30.7 Å². The van der Waals surface area contributed by atoms with Gasteiger partial charge in [0.1, 0.15) is 5.69 Å². The first-order valence-electron chi connectivity index (χ1n) is 7.52. The Labute approximate surface area is 138 Å². The molecule has 9 heteroatoms. The zero-order chi connectivity index (χ0) is 16.9. The predicted molar refractivity (Wildman–Crippen MR) is 86.7 cm³/mol. The summed E-state index contributed by atoms with van der Waals surface area (Å²) in [6.45, 7) is 0.871. The number of likely N-dealkylation sites (tertiary alicyclic amines) is 1. The molecule has 0 bridgehead atoms. The molecular formula is C15H18N6O3. The van der Waals surface area contributed by atoms with Gasteiger partial charge in [-0.15, -0.1) is 0 Å². The molecular weight excluding hydrogens is 312 g/mol. The summed E-state index contributed by atoms with van der Waals surface area (Å²) in [5.41, 5.74) is 1.11. The number of pyridine rings is 1. The molecule has 1 atom stereocenters. The van der Waals surface area contributed by atoms with E-state index in [0.29, 0.717) is 36.8 Å². The fourth-order valence-electron chi connectivity index (χ4n) is 2.57. The largest absolute Gasteiger partial charge is 0.480 e. The number of nitrogens with zero attached hydrogens (tertiary/aromatic N) is 3. The molecule has 3 heterocycles. The molecule has 0 aliphatic carbocycles. The molecule has 1 fully saturated rings. The van der Waals surface area contributed by atoms with Crippen LogP contribution in [0.3, 0.4) is 0 Å². The Bertz CT molecular complexity index is 718. The fraction of sp³-hybridized carbons (Fsp3) is 0.333. The van der Waals surface area contributed by atoms with E-state index in [1.807, 2.05) is 0 Å². The van der Waals surface area contributed by atoms with Crippen LogP contribution in [-0.2, 0) is 4.79 Å². The predicted octanol–water partition coefficient (Wildman–Crippen LogP) is 1.31. The van der Waals surface area contributed by atoms with Crippen LogP contribution in [-0.4, -0.2) is 52.2 Å². The number of aromatic amines is 1. The first-order chi connectivity index (χ1) is 11.7. The van der Waals surface area contributed by atoms with Crippen LogP contribution in [0.1, 0.15) is 6.42 Å². The number of carbonyl (C=O) groups is 2. The van der Waals surface area contributed by atoms with Crippen LogP contribution >= 0.6 is 0 Å². The lowest BCUT2D eigenvalue weighted by molar-refractivity contribution is -0.119. The fourth-order valence-corrected chi connectivity index (χ4v) is 2.57. The van der Waals surface area contributed by atoms with Crippen LogP contribution in [0.4, 0.5) is 16.2 Å². The van der Waals surface area contributed by atoms with E-state index >= 15 is 0 Å². The number of anilines is 2. The zero-order valence-electron chi connectivity index (χ0n) is 13.2. The second kappa shape index (κ2) is 6.99. The van der Waals surface area contributed by atoms with E-state index in [1.165, 1.54) is 13.3 Å². The van der Waals surface area contributed by atoms with Gasteiger partial charge in [0.15, 0.2) is 0 Å². The standard InChI is InChI=1S/C15H18N6O3/c1-24-14-12(3-2-5-16-14)20-15(23)21-6-4-10(9-21)13(22)19-11-7-17-18-8-11/h2-3,5,7-8,10H,4,6,9H2,1H3,(H,17,18)(H,19,22)(H,20,23). The van der Waals surface area contributed by atoms with Crippen molar-refractivity contribution in [3.8, 4) is 5.88 Å². The lowest BCUT2D eigenvalue weighted by Gasteiger charge is -2.18. The average Bonchev–Trinajstić information content (AvgIpc) is 3.27. The van der Waals surface area contributed by atoms with Crippen molar-refractivity contribution in [1.29, 1.82) is 0 Å². The van der Waals surface area contributed by atoms with Gasteiger partial charge in [-0.05, 0) is 18.6 Å². The molecule has 3 amide bonds. The number of carbonyl (C=O) groups excluding carboxylic acids is 2. The summed E-state index contributed by atoms with van der Waals surface area (Å²) in [6.07, 6.45) is 5.33. The van der Waals surface area contributed by atoms with E-state index in [0.717, 1.165) is 0 Å². The SMILES string of the molecule is COc1ncccc1NC(=O)N1CCC(C(=O)Nc2cn[nH]c2)C1. The van der Waals surface area contributed by atoms with E-state index < -0.39 is 0 Å². The van der Waals surface area contributed by atoms with Gasteiger partial charge in [-0.2, -0.15) is 5.10 Å². The first-order valence-corrected chi connectivity index (χ1v) is 7.52. The van der Waals surface area contributed by atoms with Crippen LogP contribution in [0.15, 0.2) is 30.7 Å². The van der Waals surface area contributed by atoms with Crippen molar-refractivity contribution in [1.82, 2.24) is 20.1 Å². The maximum absolute atomic E-state index is 12.4. The number of urea groups is 1. The van der Waals surface area contributed by atoms with Crippen LogP contribution in [0, 0.1) is 5.92 Å². The highest BCUT2D eigenvalue weighted by molar-refractivity contribution is 5.94. The Kier molecular flexibility index (Phi) is 4.59. The maximum atomic E-state index is 12.4. The highest BCUT2D eigenvalue weighted by atomic mass is 16.5. The van der Waals surface area contributed by atoms with Crippen molar-refractivity contribution in [2.45, 2.75) is 6.42 Å². The lowest BCUT2D eigenvalue weighted by atomic mass is 10.1. The quantitative estimate of drug-likeness (QED) is 0.782. The Balaban J connectivity index is 1.57. The smallest absolute Gasteiger partial charge is 0.322 e. The van der Waals surface area contributed by atoms with Gasteiger partial charge in [-0.1, -0.05) is 0 Å². The molecule has 2 aromatic heterocycles. The van der Waals surface area contributed by atoms with Crippen molar-refractivity contribution in [2.24, 2.45) is 5.92 Å². The number of H-pyrrole nitrogens is 1. The summed E-state index contributed by atoms with van der Waals surface area (Å²) < 4.78 is 5.11. The van der Waals surface area contributed by atoms with Gasteiger partial charge in [0.05, 0.1) is 24.9 Å². The molecule has 3 N–H and O–H groups in total. The number of ether oxygens (including phenoxy) is 1. The molecule has 1 aliphatic heterocycles. The summed E-state index contributed by atoms with van der Waals surface area (Å²) in [6, 6.07) is 3.14. The second-order valence-electron chi connectivity index (χ2n) is 5.40. The van der Waals surface area contributed by atoms with Gasteiger partial charge in [0.2, 0.25) is 11.8 Å². The minimum Gasteiger partial charge on any atom is -0.480 e. The molecule has 0 spiro atoms. The average molecular weight is 330 g/mol. The molecule has 0 aromatic carbocycles.